The average Bonchev–Trinajstić information content (AvgIpc) is 3.30. The minimum absolute atomic E-state index is 0.0258. The van der Waals surface area contributed by atoms with E-state index in [0.29, 0.717) is 51.0 Å². The summed E-state index contributed by atoms with van der Waals surface area (Å²) in [6.45, 7) is 14.4. The lowest BCUT2D eigenvalue weighted by Crippen LogP contribution is -2.46. The Bertz CT molecular complexity index is 2460. The van der Waals surface area contributed by atoms with Crippen molar-refractivity contribution < 1.29 is 33.4 Å². The number of nitrogens with two attached hydrogens (primary N) is 3. The van der Waals surface area contributed by atoms with Gasteiger partial charge < -0.3 is 42.3 Å². The number of ketones is 3. The van der Waals surface area contributed by atoms with E-state index in [1.165, 1.54) is 18.1 Å². The first-order chi connectivity index (χ1) is 32.3. The maximum absolute atomic E-state index is 14.8. The number of rotatable bonds is 19. The van der Waals surface area contributed by atoms with Gasteiger partial charge in [0.25, 0.3) is 0 Å². The molecular formula is C53H70N8O7. The van der Waals surface area contributed by atoms with E-state index in [4.69, 9.17) is 32.1 Å². The SMILES string of the molecule is Cc1nc(-c2ccc(C(C)(C)C)cc2)ncc1C(=O)CC(CCN)C(=O)N(C)C1C(=O)CC(C)C(=O)NC(C(=O)CCC(=N)C(C)C)Cc2ccc(OCCN)c(c2)-c2cc1ccc2OCCN. The highest BCUT2D eigenvalue weighted by molar-refractivity contribution is 6.00. The highest BCUT2D eigenvalue weighted by atomic mass is 16.5. The molecule has 15 heteroatoms. The van der Waals surface area contributed by atoms with Gasteiger partial charge in [-0.3, -0.25) is 24.0 Å². The first-order valence-corrected chi connectivity index (χ1v) is 23.6. The predicted octanol–water partition coefficient (Wildman–Crippen LogP) is 6.49. The number of carbonyl (C=O) groups is 5. The van der Waals surface area contributed by atoms with Crippen LogP contribution in [0, 0.1) is 30.1 Å². The van der Waals surface area contributed by atoms with Crippen molar-refractivity contribution in [3.05, 3.63) is 94.8 Å². The molecule has 1 aromatic heterocycles. The lowest BCUT2D eigenvalue weighted by Gasteiger charge is -2.32. The number of ether oxygens (including phenoxy) is 2. The molecule has 0 fully saturated rings. The standard InChI is InChI=1S/C53H70N8O7/c1-31(2)42(57)15-16-44(62)43-27-34-9-17-47(67-23-21-55)39(26-34)40-28-36(12-18-48(40)68-24-22-56)49(46(64)25-32(3)51(65)60-43)61(8)52(66)37(19-20-54)29-45(63)41-30-58-50(59-33(41)4)35-10-13-38(14-11-35)53(5,6)7/h9-14,17-18,26,28,30-32,37,43,49,57H,15-16,19-25,27,29,54-56H2,1-8H3,(H,60,65). The fourth-order valence-electron chi connectivity index (χ4n) is 8.34. The second-order valence-corrected chi connectivity index (χ2v) is 19.1. The van der Waals surface area contributed by atoms with Gasteiger partial charge in [-0.25, -0.2) is 9.97 Å². The number of hydrogen-bond donors (Lipinski definition) is 5. The summed E-state index contributed by atoms with van der Waals surface area (Å²) in [6.07, 6.45) is 1.55. The summed E-state index contributed by atoms with van der Waals surface area (Å²) in [6, 6.07) is 16.4. The van der Waals surface area contributed by atoms with Gasteiger partial charge in [0.05, 0.1) is 17.3 Å². The zero-order valence-electron chi connectivity index (χ0n) is 40.9. The number of aryl methyl sites for hydroxylation is 1. The van der Waals surface area contributed by atoms with Gasteiger partial charge in [-0.05, 0) is 85.0 Å². The fraction of sp³-hybridized carbons (Fsp3) is 0.472. The Morgan fingerprint density at radius 2 is 1.51 bits per heavy atom. The molecule has 0 spiro atoms. The van der Waals surface area contributed by atoms with Gasteiger partial charge >= 0.3 is 0 Å². The Hall–Kier alpha value is -6.16. The second-order valence-electron chi connectivity index (χ2n) is 19.1. The molecule has 4 unspecified atom stereocenters. The number of nitrogens with zero attached hydrogens (tertiary/aromatic N) is 3. The van der Waals surface area contributed by atoms with Crippen LogP contribution in [-0.2, 0) is 31.0 Å². The van der Waals surface area contributed by atoms with E-state index < -0.39 is 41.5 Å². The number of fused-ring (bicyclic) bond motifs is 5. The lowest BCUT2D eigenvalue weighted by atomic mass is 9.86. The normalized spacial score (nSPS) is 16.9. The van der Waals surface area contributed by atoms with Crippen LogP contribution < -0.4 is 32.0 Å². The number of likely N-dealkylation sites (N-methyl/N-ethyl adjacent to an activating group) is 1. The Morgan fingerprint density at radius 3 is 2.10 bits per heavy atom. The monoisotopic (exact) mass is 931 g/mol. The van der Waals surface area contributed by atoms with Gasteiger partial charge in [-0.2, -0.15) is 0 Å². The van der Waals surface area contributed by atoms with E-state index in [2.05, 4.69) is 36.1 Å². The zero-order chi connectivity index (χ0) is 49.9. The Kier molecular flexibility index (Phi) is 18.4. The molecule has 0 aliphatic carbocycles. The molecule has 0 radical (unpaired) electrons. The van der Waals surface area contributed by atoms with E-state index in [1.807, 2.05) is 50.2 Å². The Balaban J connectivity index is 1.55. The summed E-state index contributed by atoms with van der Waals surface area (Å²) in [5.74, 6) is -2.56. The van der Waals surface area contributed by atoms with Crippen molar-refractivity contribution in [1.29, 1.82) is 5.41 Å². The molecule has 15 nitrogen and oxygen atoms in total. The van der Waals surface area contributed by atoms with Crippen molar-refractivity contribution in [3.63, 3.8) is 0 Å². The summed E-state index contributed by atoms with van der Waals surface area (Å²) in [5.41, 5.74) is 23.2. The number of nitrogens with one attached hydrogen (secondary N) is 2. The first-order valence-electron chi connectivity index (χ1n) is 23.6. The van der Waals surface area contributed by atoms with Gasteiger partial charge in [0.2, 0.25) is 11.8 Å². The number of benzene rings is 3. The molecule has 4 atom stereocenters. The molecule has 364 valence electrons. The summed E-state index contributed by atoms with van der Waals surface area (Å²) < 4.78 is 12.3. The van der Waals surface area contributed by atoms with Gasteiger partial charge in [-0.15, -0.1) is 0 Å². The molecule has 5 rings (SSSR count). The van der Waals surface area contributed by atoms with Crippen LogP contribution in [0.4, 0.5) is 0 Å². The summed E-state index contributed by atoms with van der Waals surface area (Å²) in [7, 11) is 1.51. The van der Waals surface area contributed by atoms with Crippen LogP contribution in [-0.4, -0.2) is 95.7 Å². The molecule has 3 aromatic carbocycles. The van der Waals surface area contributed by atoms with Gasteiger partial charge in [-0.1, -0.05) is 77.9 Å². The number of carbonyl (C=O) groups excluding carboxylic acids is 5. The predicted molar refractivity (Wildman–Crippen MR) is 265 cm³/mol. The summed E-state index contributed by atoms with van der Waals surface area (Å²) in [5, 5.41) is 11.3. The third kappa shape index (κ3) is 13.3. The molecule has 4 bridgehead atoms. The zero-order valence-corrected chi connectivity index (χ0v) is 40.9. The molecule has 1 aliphatic rings. The van der Waals surface area contributed by atoms with Crippen LogP contribution in [0.1, 0.15) is 112 Å². The minimum Gasteiger partial charge on any atom is -0.492 e. The van der Waals surface area contributed by atoms with E-state index in [1.54, 1.807) is 38.1 Å². The van der Waals surface area contributed by atoms with E-state index >= 15 is 0 Å². The van der Waals surface area contributed by atoms with Crippen molar-refractivity contribution in [2.45, 2.75) is 104 Å². The minimum atomic E-state index is -1.23. The summed E-state index contributed by atoms with van der Waals surface area (Å²) in [4.78, 5) is 82.1. The molecule has 4 aromatic rings. The average molecular weight is 931 g/mol. The second kappa shape index (κ2) is 23.7. The topological polar surface area (TPSA) is 247 Å². The number of aromatic nitrogens is 2. The third-order valence-electron chi connectivity index (χ3n) is 12.5. The Labute approximate surface area is 400 Å². The largest absolute Gasteiger partial charge is 0.492 e. The Morgan fingerprint density at radius 1 is 0.882 bits per heavy atom. The van der Waals surface area contributed by atoms with Crippen LogP contribution in [0.2, 0.25) is 0 Å². The molecule has 2 heterocycles. The number of amides is 2. The van der Waals surface area contributed by atoms with E-state index in [9.17, 15) is 24.0 Å². The number of hydrogen-bond acceptors (Lipinski definition) is 13. The van der Waals surface area contributed by atoms with E-state index in [0.717, 1.165) is 11.1 Å². The molecule has 0 saturated heterocycles. The smallest absolute Gasteiger partial charge is 0.226 e. The van der Waals surface area contributed by atoms with Gasteiger partial charge in [0.1, 0.15) is 30.8 Å². The quantitative estimate of drug-likeness (QED) is 0.0500. The van der Waals surface area contributed by atoms with Crippen molar-refractivity contribution in [1.82, 2.24) is 20.2 Å². The number of Topliss-reactive ketones (excluding diaryl/α,β-unsaturated/α-hetero) is 3. The molecule has 2 amide bonds. The molecular weight excluding hydrogens is 861 g/mol. The maximum Gasteiger partial charge on any atom is 0.226 e. The fourth-order valence-corrected chi connectivity index (χ4v) is 8.34. The van der Waals surface area contributed by atoms with Crippen LogP contribution in [0.3, 0.4) is 0 Å². The molecule has 68 heavy (non-hydrogen) atoms. The molecule has 0 saturated carbocycles. The van der Waals surface area contributed by atoms with Crippen molar-refractivity contribution in [2.75, 3.05) is 39.9 Å². The van der Waals surface area contributed by atoms with Crippen molar-refractivity contribution in [2.24, 2.45) is 35.0 Å². The first kappa shape index (κ1) is 52.8. The van der Waals surface area contributed by atoms with Gasteiger partial charge in [0, 0.05) is 79.8 Å². The van der Waals surface area contributed by atoms with Crippen LogP contribution in [0.5, 0.6) is 11.5 Å². The highest BCUT2D eigenvalue weighted by Gasteiger charge is 2.36. The van der Waals surface area contributed by atoms with Crippen molar-refractivity contribution >= 4 is 34.9 Å². The van der Waals surface area contributed by atoms with Crippen LogP contribution in [0.25, 0.3) is 22.5 Å². The van der Waals surface area contributed by atoms with Crippen LogP contribution >= 0.6 is 0 Å². The molecule has 1 aliphatic heterocycles. The third-order valence-corrected chi connectivity index (χ3v) is 12.5. The van der Waals surface area contributed by atoms with E-state index in [-0.39, 0.29) is 99.8 Å². The maximum atomic E-state index is 14.8. The van der Waals surface area contributed by atoms with Crippen molar-refractivity contribution in [3.8, 4) is 34.0 Å². The lowest BCUT2D eigenvalue weighted by molar-refractivity contribution is -0.142. The van der Waals surface area contributed by atoms with Crippen LogP contribution in [0.15, 0.2) is 66.9 Å². The summed E-state index contributed by atoms with van der Waals surface area (Å²) >= 11 is 0. The molecule has 8 N–H and O–H groups in total. The highest BCUT2D eigenvalue weighted by Crippen LogP contribution is 2.41. The van der Waals surface area contributed by atoms with Gasteiger partial charge in [0.15, 0.2) is 23.2 Å².